The third-order valence-corrected chi connectivity index (χ3v) is 2.78. The second kappa shape index (κ2) is 5.56. The lowest BCUT2D eigenvalue weighted by atomic mass is 10.1. The molecular weight excluding hydrogens is 248 g/mol. The summed E-state index contributed by atoms with van der Waals surface area (Å²) in [4.78, 5) is 11.1. The number of anilines is 2. The lowest BCUT2D eigenvalue weighted by molar-refractivity contribution is -0.113. The molecule has 0 spiro atoms. The Kier molecular flexibility index (Phi) is 3.85. The van der Waals surface area contributed by atoms with Gasteiger partial charge in [-0.2, -0.15) is 0 Å². The molecule has 18 heavy (non-hydrogen) atoms. The summed E-state index contributed by atoms with van der Waals surface area (Å²) in [5.41, 5.74) is 9.27. The standard InChI is InChI=1S/C14H13ClN2O/c15-9-14(18)17-13-7-3-11(4-8-13)10-1-5-12(16)6-2-10/h1-8H,9,16H2,(H,17,18). The fourth-order valence-corrected chi connectivity index (χ4v) is 1.68. The van der Waals surface area contributed by atoms with Gasteiger partial charge in [0.05, 0.1) is 0 Å². The van der Waals surface area contributed by atoms with Gasteiger partial charge in [0, 0.05) is 11.4 Å². The van der Waals surface area contributed by atoms with Gasteiger partial charge < -0.3 is 11.1 Å². The Morgan fingerprint density at radius 3 is 2.00 bits per heavy atom. The van der Waals surface area contributed by atoms with Gasteiger partial charge in [0.15, 0.2) is 0 Å². The number of carbonyl (C=O) groups is 1. The summed E-state index contributed by atoms with van der Waals surface area (Å²) in [6.07, 6.45) is 0. The number of nitrogens with one attached hydrogen (secondary N) is 1. The average Bonchev–Trinajstić information content (AvgIpc) is 2.40. The van der Waals surface area contributed by atoms with E-state index < -0.39 is 0 Å². The molecule has 2 rings (SSSR count). The van der Waals surface area contributed by atoms with Crippen molar-refractivity contribution in [2.24, 2.45) is 0 Å². The van der Waals surface area contributed by atoms with Crippen LogP contribution in [-0.4, -0.2) is 11.8 Å². The molecule has 3 nitrogen and oxygen atoms in total. The minimum atomic E-state index is -0.211. The first-order valence-corrected chi connectivity index (χ1v) is 6.04. The van der Waals surface area contributed by atoms with E-state index in [1.54, 1.807) is 0 Å². The van der Waals surface area contributed by atoms with E-state index in [1.807, 2.05) is 48.5 Å². The molecule has 0 bridgehead atoms. The number of rotatable bonds is 3. The Morgan fingerprint density at radius 1 is 1.00 bits per heavy atom. The first-order chi connectivity index (χ1) is 8.69. The summed E-state index contributed by atoms with van der Waals surface area (Å²) in [5.74, 6) is -0.253. The Bertz CT molecular complexity index is 535. The zero-order valence-electron chi connectivity index (χ0n) is 9.69. The molecule has 0 aromatic heterocycles. The molecule has 0 saturated heterocycles. The van der Waals surface area contributed by atoms with E-state index in [-0.39, 0.29) is 11.8 Å². The first kappa shape index (κ1) is 12.5. The van der Waals surface area contributed by atoms with Crippen molar-refractivity contribution in [1.29, 1.82) is 0 Å². The van der Waals surface area contributed by atoms with Gasteiger partial charge in [0.25, 0.3) is 0 Å². The van der Waals surface area contributed by atoms with E-state index in [4.69, 9.17) is 17.3 Å². The van der Waals surface area contributed by atoms with Crippen molar-refractivity contribution < 1.29 is 4.79 Å². The highest BCUT2D eigenvalue weighted by Crippen LogP contribution is 2.22. The predicted octanol–water partition coefficient (Wildman–Crippen LogP) is 3.11. The van der Waals surface area contributed by atoms with Gasteiger partial charge in [-0.25, -0.2) is 0 Å². The van der Waals surface area contributed by atoms with Crippen molar-refractivity contribution in [3.8, 4) is 11.1 Å². The summed E-state index contributed by atoms with van der Waals surface area (Å²) in [7, 11) is 0. The van der Waals surface area contributed by atoms with Crippen LogP contribution in [0, 0.1) is 0 Å². The number of alkyl halides is 1. The van der Waals surface area contributed by atoms with Crippen LogP contribution in [0.3, 0.4) is 0 Å². The zero-order valence-corrected chi connectivity index (χ0v) is 10.4. The Hall–Kier alpha value is -2.00. The quantitative estimate of drug-likeness (QED) is 0.658. The monoisotopic (exact) mass is 260 g/mol. The van der Waals surface area contributed by atoms with Gasteiger partial charge >= 0.3 is 0 Å². The molecule has 0 aliphatic rings. The maximum Gasteiger partial charge on any atom is 0.239 e. The maximum atomic E-state index is 11.1. The Balaban J connectivity index is 2.17. The second-order valence-corrected chi connectivity index (χ2v) is 4.15. The van der Waals surface area contributed by atoms with Crippen molar-refractivity contribution in [2.45, 2.75) is 0 Å². The number of nitrogens with two attached hydrogens (primary N) is 1. The maximum absolute atomic E-state index is 11.1. The number of nitrogen functional groups attached to an aromatic ring is 1. The van der Waals surface area contributed by atoms with Crippen LogP contribution in [0.5, 0.6) is 0 Å². The minimum absolute atomic E-state index is 0.0420. The van der Waals surface area contributed by atoms with Crippen LogP contribution in [0.25, 0.3) is 11.1 Å². The molecule has 0 atom stereocenters. The van der Waals surface area contributed by atoms with E-state index in [1.165, 1.54) is 0 Å². The predicted molar refractivity (Wildman–Crippen MR) is 75.6 cm³/mol. The fourth-order valence-electron chi connectivity index (χ4n) is 1.62. The van der Waals surface area contributed by atoms with Gasteiger partial charge in [-0.3, -0.25) is 4.79 Å². The smallest absolute Gasteiger partial charge is 0.239 e. The van der Waals surface area contributed by atoms with Crippen LogP contribution in [0.2, 0.25) is 0 Å². The van der Waals surface area contributed by atoms with Crippen molar-refractivity contribution in [3.63, 3.8) is 0 Å². The number of hydrogen-bond acceptors (Lipinski definition) is 2. The average molecular weight is 261 g/mol. The molecule has 2 aromatic carbocycles. The minimum Gasteiger partial charge on any atom is -0.399 e. The molecule has 0 radical (unpaired) electrons. The molecule has 0 aliphatic heterocycles. The molecule has 1 amide bonds. The zero-order chi connectivity index (χ0) is 13.0. The van der Waals surface area contributed by atoms with Crippen molar-refractivity contribution >= 4 is 28.9 Å². The molecule has 2 aromatic rings. The summed E-state index contributed by atoms with van der Waals surface area (Å²) >= 11 is 5.42. The summed E-state index contributed by atoms with van der Waals surface area (Å²) in [6.45, 7) is 0. The highest BCUT2D eigenvalue weighted by molar-refractivity contribution is 6.29. The van der Waals surface area contributed by atoms with E-state index in [2.05, 4.69) is 5.32 Å². The molecule has 92 valence electrons. The van der Waals surface area contributed by atoms with Crippen LogP contribution in [0.4, 0.5) is 11.4 Å². The van der Waals surface area contributed by atoms with Gasteiger partial charge in [0.2, 0.25) is 5.91 Å². The lowest BCUT2D eigenvalue weighted by Crippen LogP contribution is -2.12. The van der Waals surface area contributed by atoms with E-state index in [0.717, 1.165) is 22.5 Å². The van der Waals surface area contributed by atoms with Gasteiger partial charge in [0.1, 0.15) is 5.88 Å². The van der Waals surface area contributed by atoms with Crippen LogP contribution >= 0.6 is 11.6 Å². The van der Waals surface area contributed by atoms with E-state index in [9.17, 15) is 4.79 Å². The van der Waals surface area contributed by atoms with Gasteiger partial charge in [-0.15, -0.1) is 11.6 Å². The van der Waals surface area contributed by atoms with Crippen molar-refractivity contribution in [3.05, 3.63) is 48.5 Å². The Labute approximate surface area is 111 Å². The van der Waals surface area contributed by atoms with Crippen molar-refractivity contribution in [1.82, 2.24) is 0 Å². The Morgan fingerprint density at radius 2 is 1.50 bits per heavy atom. The summed E-state index contributed by atoms with van der Waals surface area (Å²) < 4.78 is 0. The van der Waals surface area contributed by atoms with Crippen molar-refractivity contribution in [2.75, 3.05) is 16.9 Å². The van der Waals surface area contributed by atoms with Crippen LogP contribution in [-0.2, 0) is 4.79 Å². The third kappa shape index (κ3) is 3.02. The van der Waals surface area contributed by atoms with Gasteiger partial charge in [-0.05, 0) is 35.4 Å². The summed E-state index contributed by atoms with van der Waals surface area (Å²) in [6, 6.07) is 15.2. The number of benzene rings is 2. The van der Waals surface area contributed by atoms with E-state index >= 15 is 0 Å². The van der Waals surface area contributed by atoms with Crippen LogP contribution in [0.15, 0.2) is 48.5 Å². The molecule has 0 unspecified atom stereocenters. The number of hydrogen-bond donors (Lipinski definition) is 2. The number of carbonyl (C=O) groups excluding carboxylic acids is 1. The van der Waals surface area contributed by atoms with Crippen LogP contribution in [0.1, 0.15) is 0 Å². The van der Waals surface area contributed by atoms with Crippen LogP contribution < -0.4 is 11.1 Å². The van der Waals surface area contributed by atoms with E-state index in [0.29, 0.717) is 0 Å². The van der Waals surface area contributed by atoms with Gasteiger partial charge in [-0.1, -0.05) is 24.3 Å². The molecule has 0 aliphatic carbocycles. The first-order valence-electron chi connectivity index (χ1n) is 5.51. The highest BCUT2D eigenvalue weighted by atomic mass is 35.5. The molecule has 3 N–H and O–H groups in total. The number of amides is 1. The lowest BCUT2D eigenvalue weighted by Gasteiger charge is -2.05. The second-order valence-electron chi connectivity index (χ2n) is 3.88. The SMILES string of the molecule is Nc1ccc(-c2ccc(NC(=O)CCl)cc2)cc1. The normalized spacial score (nSPS) is 10.1. The fraction of sp³-hybridized carbons (Fsp3) is 0.0714. The molecule has 0 saturated carbocycles. The summed E-state index contributed by atoms with van der Waals surface area (Å²) in [5, 5.41) is 2.69. The number of halogens is 1. The molecular formula is C14H13ClN2O. The molecule has 0 heterocycles. The molecule has 0 fully saturated rings. The highest BCUT2D eigenvalue weighted by Gasteiger charge is 2.01. The largest absolute Gasteiger partial charge is 0.399 e. The molecule has 4 heteroatoms. The third-order valence-electron chi connectivity index (χ3n) is 2.53. The topological polar surface area (TPSA) is 55.1 Å².